The van der Waals surface area contributed by atoms with E-state index in [-0.39, 0.29) is 31.0 Å². The zero-order valence-corrected chi connectivity index (χ0v) is 17.3. The minimum Gasteiger partial charge on any atom is -0.457 e. The number of carbonyl (C=O) groups is 3. The van der Waals surface area contributed by atoms with Gasteiger partial charge in [0.05, 0.1) is 6.42 Å². The third kappa shape index (κ3) is 4.95. The quantitative estimate of drug-likeness (QED) is 0.311. The van der Waals surface area contributed by atoms with E-state index in [1.807, 2.05) is 36.6 Å². The summed E-state index contributed by atoms with van der Waals surface area (Å²) >= 11 is 1.60. The van der Waals surface area contributed by atoms with Gasteiger partial charge in [0.1, 0.15) is 0 Å². The topological polar surface area (TPSA) is 76.2 Å². The van der Waals surface area contributed by atoms with Gasteiger partial charge in [-0.25, -0.2) is 0 Å². The maximum atomic E-state index is 12.5. The van der Waals surface area contributed by atoms with Crippen LogP contribution in [0.25, 0.3) is 10.9 Å². The van der Waals surface area contributed by atoms with Gasteiger partial charge in [-0.3, -0.25) is 14.4 Å². The first-order valence-electron chi connectivity index (χ1n) is 9.48. The van der Waals surface area contributed by atoms with Crippen molar-refractivity contribution in [3.05, 3.63) is 65.4 Å². The van der Waals surface area contributed by atoms with Gasteiger partial charge in [-0.2, -0.15) is 0 Å². The van der Waals surface area contributed by atoms with Crippen LogP contribution >= 0.6 is 11.8 Å². The Morgan fingerprint density at radius 3 is 2.45 bits per heavy atom. The van der Waals surface area contributed by atoms with Gasteiger partial charge in [0.2, 0.25) is 5.78 Å². The van der Waals surface area contributed by atoms with Crippen LogP contribution in [-0.4, -0.2) is 35.4 Å². The zero-order chi connectivity index (χ0) is 20.8. The summed E-state index contributed by atoms with van der Waals surface area (Å²) in [6.45, 7) is 1.72. The van der Waals surface area contributed by atoms with Crippen LogP contribution in [0.5, 0.6) is 0 Å². The number of para-hydroxylation sites is 1. The van der Waals surface area contributed by atoms with Crippen molar-refractivity contribution in [3.8, 4) is 0 Å². The predicted octanol–water partition coefficient (Wildman–Crippen LogP) is 4.84. The molecule has 150 valence electrons. The second-order valence-electron chi connectivity index (χ2n) is 6.63. The first-order valence-corrected chi connectivity index (χ1v) is 10.7. The van der Waals surface area contributed by atoms with Gasteiger partial charge in [0.25, 0.3) is 0 Å². The van der Waals surface area contributed by atoms with E-state index >= 15 is 0 Å². The molecule has 0 amide bonds. The van der Waals surface area contributed by atoms with E-state index in [4.69, 9.17) is 4.74 Å². The minimum atomic E-state index is -0.554. The summed E-state index contributed by atoms with van der Waals surface area (Å²) < 4.78 is 5.10. The van der Waals surface area contributed by atoms with Crippen molar-refractivity contribution < 1.29 is 19.1 Å². The molecule has 29 heavy (non-hydrogen) atoms. The minimum absolute atomic E-state index is 0.0513. The van der Waals surface area contributed by atoms with Crippen LogP contribution in [0.4, 0.5) is 0 Å². The maximum Gasteiger partial charge on any atom is 0.306 e. The molecule has 0 aliphatic carbocycles. The number of H-pyrrole nitrogens is 1. The van der Waals surface area contributed by atoms with E-state index in [1.165, 1.54) is 0 Å². The average molecular weight is 410 g/mol. The van der Waals surface area contributed by atoms with Crippen LogP contribution < -0.4 is 0 Å². The standard InChI is InChI=1S/C23H23NO4S/c1-3-15-5-4-6-18-19(13-24-23(15)18)21(26)14-28-22(27)12-11-20(25)16-7-9-17(29-2)10-8-16/h4-10,13,24H,3,11-12,14H2,1-2H3. The van der Waals surface area contributed by atoms with Crippen molar-refractivity contribution in [2.45, 2.75) is 31.1 Å². The predicted molar refractivity (Wildman–Crippen MR) is 115 cm³/mol. The number of aromatic nitrogens is 1. The van der Waals surface area contributed by atoms with E-state index < -0.39 is 5.97 Å². The second-order valence-corrected chi connectivity index (χ2v) is 7.51. The van der Waals surface area contributed by atoms with Crippen molar-refractivity contribution in [1.82, 2.24) is 4.98 Å². The molecule has 0 bridgehead atoms. The SMILES string of the molecule is CCc1cccc2c(C(=O)COC(=O)CCC(=O)c3ccc(SC)cc3)c[nH]c12. The van der Waals surface area contributed by atoms with E-state index in [0.29, 0.717) is 11.1 Å². The molecule has 1 aromatic heterocycles. The smallest absolute Gasteiger partial charge is 0.306 e. The van der Waals surface area contributed by atoms with Gasteiger partial charge < -0.3 is 9.72 Å². The number of fused-ring (bicyclic) bond motifs is 1. The van der Waals surface area contributed by atoms with Crippen LogP contribution in [0.15, 0.2) is 53.6 Å². The molecule has 6 heteroatoms. The number of rotatable bonds is 9. The summed E-state index contributed by atoms with van der Waals surface area (Å²) in [6, 6.07) is 13.1. The molecule has 0 unspecified atom stereocenters. The van der Waals surface area contributed by atoms with Gasteiger partial charge >= 0.3 is 5.97 Å². The molecule has 5 nitrogen and oxygen atoms in total. The Morgan fingerprint density at radius 1 is 1.00 bits per heavy atom. The second kappa shape index (κ2) is 9.56. The molecule has 1 N–H and O–H groups in total. The van der Waals surface area contributed by atoms with Crippen molar-refractivity contribution >= 4 is 40.2 Å². The monoisotopic (exact) mass is 409 g/mol. The Bertz CT molecular complexity index is 1040. The molecular weight excluding hydrogens is 386 g/mol. The number of Topliss-reactive ketones (excluding diaryl/α,β-unsaturated/α-hetero) is 2. The van der Waals surface area contributed by atoms with Gasteiger partial charge in [-0.1, -0.05) is 37.3 Å². The molecule has 0 fully saturated rings. The van der Waals surface area contributed by atoms with Crippen LogP contribution in [0, 0.1) is 0 Å². The fraction of sp³-hybridized carbons (Fsp3) is 0.261. The van der Waals surface area contributed by atoms with Gasteiger partial charge in [0.15, 0.2) is 12.4 Å². The average Bonchev–Trinajstić information content (AvgIpc) is 3.20. The molecule has 0 saturated carbocycles. The number of thioether (sulfide) groups is 1. The molecule has 0 aliphatic heterocycles. The van der Waals surface area contributed by atoms with Crippen LogP contribution in [0.1, 0.15) is 46.0 Å². The fourth-order valence-electron chi connectivity index (χ4n) is 3.18. The number of hydrogen-bond donors (Lipinski definition) is 1. The van der Waals surface area contributed by atoms with Gasteiger partial charge in [-0.05, 0) is 30.4 Å². The summed E-state index contributed by atoms with van der Waals surface area (Å²) in [5.74, 6) is -0.942. The third-order valence-corrected chi connectivity index (χ3v) is 5.56. The fourth-order valence-corrected chi connectivity index (χ4v) is 3.58. The molecular formula is C23H23NO4S. The number of ketones is 2. The summed E-state index contributed by atoms with van der Waals surface area (Å²) in [5.41, 5.74) is 3.13. The number of ether oxygens (including phenoxy) is 1. The maximum absolute atomic E-state index is 12.5. The summed E-state index contributed by atoms with van der Waals surface area (Å²) in [5, 5.41) is 0.828. The van der Waals surface area contributed by atoms with Crippen LogP contribution in [0.3, 0.4) is 0 Å². The number of nitrogens with one attached hydrogen (secondary N) is 1. The molecule has 1 heterocycles. The molecule has 0 atom stereocenters. The van der Waals surface area contributed by atoms with Gasteiger partial charge in [-0.15, -0.1) is 11.8 Å². The van der Waals surface area contributed by atoms with E-state index in [9.17, 15) is 14.4 Å². The highest BCUT2D eigenvalue weighted by Crippen LogP contribution is 2.23. The number of hydrogen-bond acceptors (Lipinski definition) is 5. The van der Waals surface area contributed by atoms with E-state index in [2.05, 4.69) is 11.9 Å². The first-order chi connectivity index (χ1) is 14.0. The lowest BCUT2D eigenvalue weighted by atomic mass is 10.1. The summed E-state index contributed by atoms with van der Waals surface area (Å²) in [7, 11) is 0. The van der Waals surface area contributed by atoms with Crippen molar-refractivity contribution in [1.29, 1.82) is 0 Å². The first kappa shape index (κ1) is 20.9. The Kier molecular flexibility index (Phi) is 6.88. The molecule has 3 aromatic rings. The van der Waals surface area contributed by atoms with Crippen LogP contribution in [-0.2, 0) is 16.0 Å². The van der Waals surface area contributed by atoms with Crippen molar-refractivity contribution in [3.63, 3.8) is 0 Å². The molecule has 2 aromatic carbocycles. The summed E-state index contributed by atoms with van der Waals surface area (Å²) in [4.78, 5) is 40.9. The number of carbonyl (C=O) groups excluding carboxylic acids is 3. The number of benzene rings is 2. The highest BCUT2D eigenvalue weighted by Gasteiger charge is 2.16. The molecule has 0 radical (unpaired) electrons. The Labute approximate surface area is 173 Å². The van der Waals surface area contributed by atoms with Crippen LogP contribution in [0.2, 0.25) is 0 Å². The zero-order valence-electron chi connectivity index (χ0n) is 16.5. The van der Waals surface area contributed by atoms with E-state index in [1.54, 1.807) is 30.1 Å². The Morgan fingerprint density at radius 2 is 1.76 bits per heavy atom. The van der Waals surface area contributed by atoms with E-state index in [0.717, 1.165) is 27.8 Å². The number of esters is 1. The van der Waals surface area contributed by atoms with Crippen molar-refractivity contribution in [2.24, 2.45) is 0 Å². The normalized spacial score (nSPS) is 10.8. The number of aryl methyl sites for hydroxylation is 1. The molecule has 0 spiro atoms. The summed E-state index contributed by atoms with van der Waals surface area (Å²) in [6.07, 6.45) is 4.48. The largest absolute Gasteiger partial charge is 0.457 e. The third-order valence-electron chi connectivity index (χ3n) is 4.82. The molecule has 0 saturated heterocycles. The highest BCUT2D eigenvalue weighted by molar-refractivity contribution is 7.98. The highest BCUT2D eigenvalue weighted by atomic mass is 32.2. The Hall–Kier alpha value is -2.86. The lowest BCUT2D eigenvalue weighted by molar-refractivity contribution is -0.142. The lowest BCUT2D eigenvalue weighted by Crippen LogP contribution is -2.15. The Balaban J connectivity index is 1.52. The van der Waals surface area contributed by atoms with Gasteiger partial charge in [0, 0.05) is 39.5 Å². The lowest BCUT2D eigenvalue weighted by Gasteiger charge is -2.05. The van der Waals surface area contributed by atoms with Crippen molar-refractivity contribution in [2.75, 3.05) is 12.9 Å². The number of aromatic amines is 1. The molecule has 3 rings (SSSR count). The molecule has 0 aliphatic rings.